The molecule has 0 saturated carbocycles. The number of furan rings is 1. The lowest BCUT2D eigenvalue weighted by Crippen LogP contribution is -2.31. The first kappa shape index (κ1) is 18.0. The summed E-state index contributed by atoms with van der Waals surface area (Å²) in [6, 6.07) is 14.8. The van der Waals surface area contributed by atoms with Gasteiger partial charge in [-0.05, 0) is 62.6 Å². The van der Waals surface area contributed by atoms with Gasteiger partial charge in [0.2, 0.25) is 0 Å². The number of aryl methyl sites for hydroxylation is 2. The topological polar surface area (TPSA) is 43.4 Å². The average molecular weight is 365 g/mol. The number of ether oxygens (including phenoxy) is 1. The van der Waals surface area contributed by atoms with Gasteiger partial charge in [-0.25, -0.2) is 4.68 Å². The van der Waals surface area contributed by atoms with E-state index in [1.54, 1.807) is 6.26 Å². The van der Waals surface area contributed by atoms with Gasteiger partial charge >= 0.3 is 0 Å². The Morgan fingerprint density at radius 2 is 2.00 bits per heavy atom. The van der Waals surface area contributed by atoms with Crippen LogP contribution in [0.15, 0.2) is 53.1 Å². The molecule has 1 aromatic carbocycles. The van der Waals surface area contributed by atoms with Gasteiger partial charge in [0.25, 0.3) is 0 Å². The molecule has 1 aliphatic rings. The number of rotatable bonds is 7. The maximum atomic E-state index is 5.85. The molecule has 1 fully saturated rings. The van der Waals surface area contributed by atoms with E-state index < -0.39 is 0 Å². The molecule has 3 heterocycles. The van der Waals surface area contributed by atoms with Crippen LogP contribution >= 0.6 is 0 Å². The zero-order chi connectivity index (χ0) is 18.6. The van der Waals surface area contributed by atoms with Crippen LogP contribution in [0.5, 0.6) is 0 Å². The Bertz CT molecular complexity index is 846. The summed E-state index contributed by atoms with van der Waals surface area (Å²) in [5.41, 5.74) is 4.57. The largest absolute Gasteiger partial charge is 0.468 e. The molecular formula is C22H27N3O2. The maximum Gasteiger partial charge on any atom is 0.117 e. The van der Waals surface area contributed by atoms with E-state index in [2.05, 4.69) is 47.3 Å². The summed E-state index contributed by atoms with van der Waals surface area (Å²) >= 11 is 0. The molecule has 27 heavy (non-hydrogen) atoms. The monoisotopic (exact) mass is 365 g/mol. The summed E-state index contributed by atoms with van der Waals surface area (Å²) in [5.74, 6) is 0.993. The molecule has 5 heteroatoms. The van der Waals surface area contributed by atoms with Crippen molar-refractivity contribution in [3.63, 3.8) is 0 Å². The fraction of sp³-hybridized carbons (Fsp3) is 0.409. The Morgan fingerprint density at radius 3 is 2.63 bits per heavy atom. The first-order valence-corrected chi connectivity index (χ1v) is 9.66. The highest BCUT2D eigenvalue weighted by molar-refractivity contribution is 5.36. The predicted molar refractivity (Wildman–Crippen MR) is 105 cm³/mol. The van der Waals surface area contributed by atoms with Crippen LogP contribution in [0, 0.1) is 13.8 Å². The van der Waals surface area contributed by atoms with E-state index in [9.17, 15) is 0 Å². The quantitative estimate of drug-likeness (QED) is 0.627. The van der Waals surface area contributed by atoms with E-state index in [1.165, 1.54) is 5.56 Å². The van der Waals surface area contributed by atoms with Crippen LogP contribution in [0.1, 0.15) is 35.6 Å². The smallest absolute Gasteiger partial charge is 0.117 e. The molecule has 0 bridgehead atoms. The standard InChI is InChI=1S/C22H27N3O2/c1-17-13-18(2)25(23-17)20-9-7-19(8-10-20)14-24(15-21-5-3-11-26-21)16-22-6-4-12-27-22/h3,5,7-11,13,22H,4,6,12,14-16H2,1-2H3. The normalized spacial score (nSPS) is 17.1. The first-order valence-electron chi connectivity index (χ1n) is 9.66. The van der Waals surface area contributed by atoms with Crippen LogP contribution in [-0.2, 0) is 17.8 Å². The summed E-state index contributed by atoms with van der Waals surface area (Å²) in [5, 5.41) is 4.57. The van der Waals surface area contributed by atoms with E-state index in [4.69, 9.17) is 9.15 Å². The molecule has 3 aromatic rings. The minimum atomic E-state index is 0.328. The van der Waals surface area contributed by atoms with Crippen LogP contribution in [0.4, 0.5) is 0 Å². The van der Waals surface area contributed by atoms with E-state index in [0.717, 1.165) is 61.9 Å². The third-order valence-corrected chi connectivity index (χ3v) is 5.04. The Balaban J connectivity index is 1.47. The first-order chi connectivity index (χ1) is 13.2. The van der Waals surface area contributed by atoms with Gasteiger partial charge in [0.05, 0.1) is 30.3 Å². The molecule has 0 spiro atoms. The fourth-order valence-corrected chi connectivity index (χ4v) is 3.78. The van der Waals surface area contributed by atoms with E-state index >= 15 is 0 Å². The summed E-state index contributed by atoms with van der Waals surface area (Å²) in [6.45, 7) is 7.59. The van der Waals surface area contributed by atoms with Crippen molar-refractivity contribution in [3.8, 4) is 5.69 Å². The van der Waals surface area contributed by atoms with E-state index in [0.29, 0.717) is 6.10 Å². The van der Waals surface area contributed by atoms with Crippen LogP contribution in [0.2, 0.25) is 0 Å². The third-order valence-electron chi connectivity index (χ3n) is 5.04. The van der Waals surface area contributed by atoms with Crippen molar-refractivity contribution in [1.29, 1.82) is 0 Å². The molecule has 142 valence electrons. The van der Waals surface area contributed by atoms with Crippen LogP contribution in [0.25, 0.3) is 5.69 Å². The Labute approximate surface area is 160 Å². The van der Waals surface area contributed by atoms with Gasteiger partial charge < -0.3 is 9.15 Å². The highest BCUT2D eigenvalue weighted by Crippen LogP contribution is 2.19. The van der Waals surface area contributed by atoms with Gasteiger partial charge in [-0.2, -0.15) is 5.10 Å². The fourth-order valence-electron chi connectivity index (χ4n) is 3.78. The van der Waals surface area contributed by atoms with Gasteiger partial charge in [0.1, 0.15) is 5.76 Å². The summed E-state index contributed by atoms with van der Waals surface area (Å²) in [4.78, 5) is 2.41. The number of aromatic nitrogens is 2. The van der Waals surface area contributed by atoms with Gasteiger partial charge in [0, 0.05) is 25.4 Å². The van der Waals surface area contributed by atoms with Gasteiger partial charge in [0.15, 0.2) is 0 Å². The molecule has 0 radical (unpaired) electrons. The molecule has 1 saturated heterocycles. The highest BCUT2D eigenvalue weighted by Gasteiger charge is 2.20. The van der Waals surface area contributed by atoms with E-state index in [-0.39, 0.29) is 0 Å². The number of hydrogen-bond acceptors (Lipinski definition) is 4. The molecule has 1 aliphatic heterocycles. The van der Waals surface area contributed by atoms with Crippen molar-refractivity contribution in [1.82, 2.24) is 14.7 Å². The lowest BCUT2D eigenvalue weighted by molar-refractivity contribution is 0.0655. The molecule has 0 amide bonds. The minimum Gasteiger partial charge on any atom is -0.468 e. The van der Waals surface area contributed by atoms with Crippen molar-refractivity contribution in [2.24, 2.45) is 0 Å². The molecule has 2 aromatic heterocycles. The zero-order valence-electron chi connectivity index (χ0n) is 16.1. The van der Waals surface area contributed by atoms with Gasteiger partial charge in [-0.15, -0.1) is 0 Å². The Hall–Kier alpha value is -2.37. The van der Waals surface area contributed by atoms with Crippen molar-refractivity contribution < 1.29 is 9.15 Å². The zero-order valence-corrected chi connectivity index (χ0v) is 16.1. The Morgan fingerprint density at radius 1 is 1.15 bits per heavy atom. The molecule has 1 atom stereocenters. The minimum absolute atomic E-state index is 0.328. The molecule has 0 aliphatic carbocycles. The number of nitrogens with zero attached hydrogens (tertiary/aromatic N) is 3. The predicted octanol–water partition coefficient (Wildman–Crippen LogP) is 4.26. The van der Waals surface area contributed by atoms with E-state index in [1.807, 2.05) is 23.7 Å². The van der Waals surface area contributed by atoms with Gasteiger partial charge in [-0.1, -0.05) is 12.1 Å². The SMILES string of the molecule is Cc1cc(C)n(-c2ccc(CN(Cc3ccco3)CC3CCCO3)cc2)n1. The molecular weight excluding hydrogens is 338 g/mol. The summed E-state index contributed by atoms with van der Waals surface area (Å²) in [6.07, 6.45) is 4.37. The third kappa shape index (κ3) is 4.49. The highest BCUT2D eigenvalue weighted by atomic mass is 16.5. The summed E-state index contributed by atoms with van der Waals surface area (Å²) in [7, 11) is 0. The second-order valence-electron chi connectivity index (χ2n) is 7.39. The van der Waals surface area contributed by atoms with Crippen LogP contribution < -0.4 is 0 Å². The van der Waals surface area contributed by atoms with Crippen molar-refractivity contribution in [2.45, 2.75) is 45.9 Å². The van der Waals surface area contributed by atoms with Crippen molar-refractivity contribution in [2.75, 3.05) is 13.2 Å². The number of hydrogen-bond donors (Lipinski definition) is 0. The number of benzene rings is 1. The molecule has 4 rings (SSSR count). The van der Waals surface area contributed by atoms with Crippen molar-refractivity contribution in [3.05, 3.63) is 71.4 Å². The lowest BCUT2D eigenvalue weighted by Gasteiger charge is -2.24. The van der Waals surface area contributed by atoms with Crippen molar-refractivity contribution >= 4 is 0 Å². The molecule has 5 nitrogen and oxygen atoms in total. The van der Waals surface area contributed by atoms with Gasteiger partial charge in [-0.3, -0.25) is 4.90 Å². The Kier molecular flexibility index (Phi) is 5.41. The average Bonchev–Trinajstić information content (AvgIpc) is 3.39. The molecule has 1 unspecified atom stereocenters. The second-order valence-corrected chi connectivity index (χ2v) is 7.39. The van der Waals surface area contributed by atoms with Crippen LogP contribution in [0.3, 0.4) is 0 Å². The van der Waals surface area contributed by atoms with Crippen LogP contribution in [-0.4, -0.2) is 33.9 Å². The molecule has 0 N–H and O–H groups in total. The second kappa shape index (κ2) is 8.11. The lowest BCUT2D eigenvalue weighted by atomic mass is 10.1. The maximum absolute atomic E-state index is 5.85. The summed E-state index contributed by atoms with van der Waals surface area (Å²) < 4.78 is 13.4.